The first-order valence-electron chi connectivity index (χ1n) is 14.0. The van der Waals surface area contributed by atoms with Crippen LogP contribution in [0.2, 0.25) is 0 Å². The van der Waals surface area contributed by atoms with E-state index in [0.29, 0.717) is 31.1 Å². The van der Waals surface area contributed by atoms with E-state index >= 15 is 0 Å². The molecule has 6 heteroatoms. The van der Waals surface area contributed by atoms with Crippen LogP contribution in [0.5, 0.6) is 0 Å². The Bertz CT molecular complexity index is 924. The fourth-order valence-electron chi connectivity index (χ4n) is 8.12. The summed E-state index contributed by atoms with van der Waals surface area (Å²) in [4.78, 5) is 39.1. The fraction of sp³-hybridized carbons (Fsp3) is 0.833. The molecular formula is C30H46O6. The Kier molecular flexibility index (Phi) is 7.37. The van der Waals surface area contributed by atoms with Gasteiger partial charge in [0.2, 0.25) is 0 Å². The third-order valence-electron chi connectivity index (χ3n) is 10.8. The van der Waals surface area contributed by atoms with Crippen LogP contribution in [0.15, 0.2) is 12.2 Å². The van der Waals surface area contributed by atoms with Gasteiger partial charge in [0.05, 0.1) is 24.0 Å². The number of Topliss-reactive ketones (excluding diaryl/α,β-unsaturated/α-hetero) is 2. The van der Waals surface area contributed by atoms with Gasteiger partial charge in [-0.1, -0.05) is 46.8 Å². The molecule has 4 rings (SSSR count). The van der Waals surface area contributed by atoms with Crippen molar-refractivity contribution in [1.82, 2.24) is 0 Å². The van der Waals surface area contributed by atoms with E-state index in [1.54, 1.807) is 6.92 Å². The second-order valence-corrected chi connectivity index (χ2v) is 13.1. The third-order valence-corrected chi connectivity index (χ3v) is 10.8. The highest BCUT2D eigenvalue weighted by atomic mass is 16.6. The van der Waals surface area contributed by atoms with E-state index in [2.05, 4.69) is 46.8 Å². The maximum absolute atomic E-state index is 14.1. The Morgan fingerprint density at radius 1 is 1.14 bits per heavy atom. The number of ether oxygens (including phenoxy) is 2. The highest BCUT2D eigenvalue weighted by Crippen LogP contribution is 2.66. The average Bonchev–Trinajstić information content (AvgIpc) is 3.22. The molecule has 0 spiro atoms. The summed E-state index contributed by atoms with van der Waals surface area (Å²) >= 11 is 0. The van der Waals surface area contributed by atoms with Crippen molar-refractivity contribution in [3.05, 3.63) is 12.2 Å². The molecule has 4 aliphatic rings. The molecule has 4 fully saturated rings. The Morgan fingerprint density at radius 2 is 1.83 bits per heavy atom. The van der Waals surface area contributed by atoms with Gasteiger partial charge in [-0.05, 0) is 74.0 Å². The first-order valence-corrected chi connectivity index (χ1v) is 14.0. The number of ketones is 2. The molecule has 2 saturated carbocycles. The standard InChI is InChI=1S/C30H46O6/c1-17(2)18(3)8-9-19(4)22-10-11-23(28(22,6)14-15-35-20(5)31)25-26-24(32)16-21-12-13-29(7,27(25)33)30(26,34)36-21/h8-9,17-19,21-23,25-26,34H,10-16H2,1-7H3/b9-8+/t18-,19+,21-,22+,23-,25-,26+,28+,29+,30-/m0/s1. The predicted octanol–water partition coefficient (Wildman–Crippen LogP) is 5.12. The van der Waals surface area contributed by atoms with Gasteiger partial charge in [0.15, 0.2) is 5.79 Å². The molecule has 0 amide bonds. The quantitative estimate of drug-likeness (QED) is 0.366. The number of rotatable bonds is 8. The zero-order valence-electron chi connectivity index (χ0n) is 23.2. The monoisotopic (exact) mass is 502 g/mol. The number of carbonyl (C=O) groups excluding carboxylic acids is 3. The number of hydrogen-bond acceptors (Lipinski definition) is 6. The van der Waals surface area contributed by atoms with Crippen molar-refractivity contribution in [1.29, 1.82) is 0 Å². The first-order chi connectivity index (χ1) is 16.8. The van der Waals surface area contributed by atoms with Gasteiger partial charge in [0, 0.05) is 19.3 Å². The highest BCUT2D eigenvalue weighted by Gasteiger charge is 2.75. The van der Waals surface area contributed by atoms with Crippen molar-refractivity contribution in [2.24, 2.45) is 52.3 Å². The molecule has 2 saturated heterocycles. The summed E-state index contributed by atoms with van der Waals surface area (Å²) in [6.45, 7) is 14.6. The lowest BCUT2D eigenvalue weighted by Crippen LogP contribution is -2.61. The molecule has 202 valence electrons. The highest BCUT2D eigenvalue weighted by molar-refractivity contribution is 5.99. The summed E-state index contributed by atoms with van der Waals surface area (Å²) in [5.74, 6) is -1.93. The maximum Gasteiger partial charge on any atom is 0.302 e. The van der Waals surface area contributed by atoms with E-state index in [0.717, 1.165) is 12.8 Å². The summed E-state index contributed by atoms with van der Waals surface area (Å²) in [6, 6.07) is 0. The maximum atomic E-state index is 14.1. The number of carbonyl (C=O) groups is 3. The van der Waals surface area contributed by atoms with Gasteiger partial charge in [-0.15, -0.1) is 0 Å². The molecule has 2 bridgehead atoms. The molecule has 2 heterocycles. The van der Waals surface area contributed by atoms with E-state index < -0.39 is 23.0 Å². The Hall–Kier alpha value is -1.53. The van der Waals surface area contributed by atoms with E-state index in [4.69, 9.17) is 9.47 Å². The molecule has 10 atom stereocenters. The molecule has 36 heavy (non-hydrogen) atoms. The first kappa shape index (κ1) is 27.5. The Morgan fingerprint density at radius 3 is 2.47 bits per heavy atom. The summed E-state index contributed by atoms with van der Waals surface area (Å²) in [7, 11) is 0. The summed E-state index contributed by atoms with van der Waals surface area (Å²) in [5, 5.41) is 11.8. The smallest absolute Gasteiger partial charge is 0.302 e. The Labute approximate surface area is 216 Å². The number of allylic oxidation sites excluding steroid dienone is 2. The fourth-order valence-corrected chi connectivity index (χ4v) is 8.12. The number of aliphatic hydroxyl groups is 1. The second kappa shape index (κ2) is 9.65. The normalized spacial score (nSPS) is 43.9. The van der Waals surface area contributed by atoms with Crippen molar-refractivity contribution in [3.8, 4) is 0 Å². The van der Waals surface area contributed by atoms with Crippen LogP contribution in [0.3, 0.4) is 0 Å². The van der Waals surface area contributed by atoms with E-state index in [9.17, 15) is 19.5 Å². The molecule has 2 aliphatic carbocycles. The molecule has 0 unspecified atom stereocenters. The average molecular weight is 503 g/mol. The van der Waals surface area contributed by atoms with Crippen molar-refractivity contribution in [2.75, 3.05) is 6.61 Å². The SMILES string of the molecule is CC(=O)OCC[C@]1(C)[C@@H]([C@H](C)/C=C/[C@H](C)C(C)C)CC[C@H]1[C@@H]1C(=O)[C@@]2(C)CC[C@H]3CC(=O)[C@H]1[C@]2(O)O3. The zero-order valence-corrected chi connectivity index (χ0v) is 23.2. The summed E-state index contributed by atoms with van der Waals surface area (Å²) in [6.07, 6.45) is 8.16. The summed E-state index contributed by atoms with van der Waals surface area (Å²) in [5.41, 5.74) is -1.38. The summed E-state index contributed by atoms with van der Waals surface area (Å²) < 4.78 is 11.5. The number of hydrogen-bond donors (Lipinski definition) is 1. The van der Waals surface area contributed by atoms with E-state index in [-0.39, 0.29) is 59.8 Å². The van der Waals surface area contributed by atoms with Crippen LogP contribution < -0.4 is 0 Å². The van der Waals surface area contributed by atoms with Gasteiger partial charge in [0.1, 0.15) is 11.6 Å². The number of esters is 1. The molecule has 6 nitrogen and oxygen atoms in total. The van der Waals surface area contributed by atoms with Gasteiger partial charge in [0.25, 0.3) is 0 Å². The zero-order chi connectivity index (χ0) is 26.6. The van der Waals surface area contributed by atoms with Crippen LogP contribution in [-0.2, 0) is 23.9 Å². The van der Waals surface area contributed by atoms with E-state index in [1.807, 2.05) is 0 Å². The van der Waals surface area contributed by atoms with Crippen LogP contribution in [0, 0.1) is 52.3 Å². The Balaban J connectivity index is 1.69. The molecule has 0 radical (unpaired) electrons. The largest absolute Gasteiger partial charge is 0.466 e. The van der Waals surface area contributed by atoms with Crippen molar-refractivity contribution >= 4 is 17.5 Å². The van der Waals surface area contributed by atoms with Crippen LogP contribution in [-0.4, -0.2) is 41.1 Å². The van der Waals surface area contributed by atoms with Gasteiger partial charge in [-0.3, -0.25) is 14.4 Å². The van der Waals surface area contributed by atoms with Crippen LogP contribution >= 0.6 is 0 Å². The lowest BCUT2D eigenvalue weighted by molar-refractivity contribution is -0.324. The molecule has 0 aromatic heterocycles. The molecule has 2 aliphatic heterocycles. The van der Waals surface area contributed by atoms with Gasteiger partial charge in [-0.25, -0.2) is 0 Å². The minimum Gasteiger partial charge on any atom is -0.466 e. The third kappa shape index (κ3) is 4.20. The van der Waals surface area contributed by atoms with Crippen LogP contribution in [0.25, 0.3) is 0 Å². The van der Waals surface area contributed by atoms with Gasteiger partial charge >= 0.3 is 5.97 Å². The van der Waals surface area contributed by atoms with E-state index in [1.165, 1.54) is 6.92 Å². The topological polar surface area (TPSA) is 89.9 Å². The van der Waals surface area contributed by atoms with Crippen molar-refractivity contribution in [3.63, 3.8) is 0 Å². The lowest BCUT2D eigenvalue weighted by Gasteiger charge is -2.50. The van der Waals surface area contributed by atoms with Crippen LogP contribution in [0.4, 0.5) is 0 Å². The molecule has 0 aromatic carbocycles. The molecule has 1 N–H and O–H groups in total. The second-order valence-electron chi connectivity index (χ2n) is 13.1. The molecular weight excluding hydrogens is 456 g/mol. The minimum atomic E-state index is -1.71. The predicted molar refractivity (Wildman–Crippen MR) is 137 cm³/mol. The van der Waals surface area contributed by atoms with Crippen molar-refractivity contribution in [2.45, 2.75) is 98.9 Å². The van der Waals surface area contributed by atoms with Crippen LogP contribution in [0.1, 0.15) is 87.0 Å². The lowest BCUT2D eigenvalue weighted by atomic mass is 9.61. The van der Waals surface area contributed by atoms with Crippen molar-refractivity contribution < 1.29 is 29.0 Å². The van der Waals surface area contributed by atoms with Gasteiger partial charge in [-0.2, -0.15) is 0 Å². The minimum absolute atomic E-state index is 0.00955. The molecule has 0 aromatic rings. The van der Waals surface area contributed by atoms with Gasteiger partial charge < -0.3 is 14.6 Å². The number of fused-ring (bicyclic) bond motifs is 1.